The predicted molar refractivity (Wildman–Crippen MR) is 213 cm³/mol. The van der Waals surface area contributed by atoms with Gasteiger partial charge in [0.2, 0.25) is 0 Å². The van der Waals surface area contributed by atoms with Gasteiger partial charge in [0.25, 0.3) is 0 Å². The number of ether oxygens (including phenoxy) is 1. The smallest absolute Gasteiger partial charge is 0.159 e. The molecular formula is C42H57N3O6S. The van der Waals surface area contributed by atoms with Crippen LogP contribution in [0.3, 0.4) is 0 Å². The van der Waals surface area contributed by atoms with Crippen LogP contribution in [0.2, 0.25) is 0 Å². The molecule has 1 unspecified atom stereocenters. The quantitative estimate of drug-likeness (QED) is 0.0708. The third-order valence-electron chi connectivity index (χ3n) is 8.83. The highest BCUT2D eigenvalue weighted by molar-refractivity contribution is 8.00. The second-order valence-corrected chi connectivity index (χ2v) is 15.1. The summed E-state index contributed by atoms with van der Waals surface area (Å²) >= 11 is 1.85. The molecule has 0 spiro atoms. The van der Waals surface area contributed by atoms with Gasteiger partial charge in [-0.1, -0.05) is 51.3 Å². The molecule has 0 radical (unpaired) electrons. The summed E-state index contributed by atoms with van der Waals surface area (Å²) in [5.74, 6) is 0.361. The molecule has 1 aliphatic heterocycles. The molecule has 0 amide bonds. The van der Waals surface area contributed by atoms with Crippen molar-refractivity contribution in [1.82, 2.24) is 0 Å². The van der Waals surface area contributed by atoms with Crippen molar-refractivity contribution in [2.45, 2.75) is 97.2 Å². The fourth-order valence-corrected chi connectivity index (χ4v) is 8.10. The molecule has 0 bridgehead atoms. The summed E-state index contributed by atoms with van der Waals surface area (Å²) in [4.78, 5) is 67.1. The summed E-state index contributed by atoms with van der Waals surface area (Å²) < 4.78 is 5.70. The van der Waals surface area contributed by atoms with Crippen LogP contribution in [0.25, 0.3) is 0 Å². The number of ketones is 5. The van der Waals surface area contributed by atoms with Gasteiger partial charge in [0.15, 0.2) is 5.78 Å². The molecule has 0 saturated carbocycles. The molecule has 1 fully saturated rings. The molecule has 10 heteroatoms. The molecule has 9 nitrogen and oxygen atoms in total. The number of carbonyl (C=O) groups is 5. The van der Waals surface area contributed by atoms with Crippen molar-refractivity contribution in [3.8, 4) is 0 Å². The molecule has 0 aliphatic carbocycles. The van der Waals surface area contributed by atoms with Gasteiger partial charge in [-0.2, -0.15) is 11.8 Å². The molecule has 52 heavy (non-hydrogen) atoms. The Bertz CT molecular complexity index is 1500. The molecule has 0 aromatic heterocycles. The molecule has 1 saturated heterocycles. The Balaban J connectivity index is 0.00000468. The molecule has 6 N–H and O–H groups in total. The van der Waals surface area contributed by atoms with Gasteiger partial charge in [-0.05, 0) is 83.5 Å². The van der Waals surface area contributed by atoms with Crippen molar-refractivity contribution in [2.24, 2.45) is 5.41 Å². The van der Waals surface area contributed by atoms with Gasteiger partial charge in [0.05, 0.1) is 0 Å². The van der Waals surface area contributed by atoms with Crippen LogP contribution in [-0.2, 0) is 48.0 Å². The summed E-state index contributed by atoms with van der Waals surface area (Å²) in [6.07, 6.45) is 3.14. The first kappa shape index (κ1) is 43.9. The van der Waals surface area contributed by atoms with Crippen molar-refractivity contribution in [1.29, 1.82) is 0 Å². The van der Waals surface area contributed by atoms with E-state index in [1.165, 1.54) is 0 Å². The Kier molecular flexibility index (Phi) is 18.5. The zero-order chi connectivity index (χ0) is 35.9. The number of carbonyl (C=O) groups excluding carboxylic acids is 5. The maximum atomic E-state index is 13.7. The van der Waals surface area contributed by atoms with E-state index in [4.69, 9.17) is 21.9 Å². The highest BCUT2D eigenvalue weighted by atomic mass is 32.2. The van der Waals surface area contributed by atoms with Crippen LogP contribution in [0, 0.1) is 5.41 Å². The van der Waals surface area contributed by atoms with Crippen LogP contribution < -0.4 is 17.2 Å². The minimum atomic E-state index is -1.28. The molecule has 1 aliphatic rings. The molecule has 1 heterocycles. The first-order valence-electron chi connectivity index (χ1n) is 17.3. The van der Waals surface area contributed by atoms with Crippen LogP contribution in [0.5, 0.6) is 0 Å². The number of anilines is 3. The molecule has 3 aromatic carbocycles. The average Bonchev–Trinajstić information content (AvgIpc) is 3.53. The van der Waals surface area contributed by atoms with Crippen LogP contribution in [-0.4, -0.2) is 53.1 Å². The van der Waals surface area contributed by atoms with E-state index in [1.807, 2.05) is 11.8 Å². The van der Waals surface area contributed by atoms with Gasteiger partial charge in [0.1, 0.15) is 29.7 Å². The summed E-state index contributed by atoms with van der Waals surface area (Å²) in [6, 6.07) is 21.0. The van der Waals surface area contributed by atoms with Crippen molar-refractivity contribution in [3.05, 3.63) is 89.5 Å². The van der Waals surface area contributed by atoms with E-state index < -0.39 is 5.41 Å². The number of nitrogens with two attached hydrogens (primary N) is 3. The Labute approximate surface area is 313 Å². The van der Waals surface area contributed by atoms with Gasteiger partial charge < -0.3 is 21.9 Å². The lowest BCUT2D eigenvalue weighted by Crippen LogP contribution is -2.35. The minimum absolute atomic E-state index is 0. The second kappa shape index (κ2) is 21.9. The summed E-state index contributed by atoms with van der Waals surface area (Å²) in [5, 5.41) is 0.406. The van der Waals surface area contributed by atoms with E-state index >= 15 is 0 Å². The Morgan fingerprint density at radius 1 is 0.654 bits per heavy atom. The zero-order valence-electron chi connectivity index (χ0n) is 28.7. The second-order valence-electron chi connectivity index (χ2n) is 13.7. The lowest BCUT2D eigenvalue weighted by molar-refractivity contribution is -0.131. The number of rotatable bonds is 22. The standard InChI is InChI=1S/C40H49N3O6S.2CH4/c41-31-9-1-6-28(16-31)19-35(45)23-40(24-36(46)20-29-7-2-10-32(42)17-29,25-37(47)21-30-8-3-11-33(43)18-30)26-38(48)27-49-14-4-12-34(44)22-39-13-5-15-50-39;;/h1-3,6-11,16-18,39H,4-5,12-15,19-27,41-43H2;2*1H4. The van der Waals surface area contributed by atoms with Crippen LogP contribution in [0.15, 0.2) is 72.8 Å². The number of nitrogen functional groups attached to an aromatic ring is 3. The topological polar surface area (TPSA) is 173 Å². The molecule has 1 atom stereocenters. The summed E-state index contributed by atoms with van der Waals surface area (Å²) in [7, 11) is 0. The number of hydrogen-bond acceptors (Lipinski definition) is 10. The van der Waals surface area contributed by atoms with Crippen LogP contribution >= 0.6 is 11.8 Å². The first-order chi connectivity index (χ1) is 24.0. The lowest BCUT2D eigenvalue weighted by Gasteiger charge is -2.32. The van der Waals surface area contributed by atoms with Crippen molar-refractivity contribution in [2.75, 3.05) is 36.2 Å². The van der Waals surface area contributed by atoms with Crippen molar-refractivity contribution in [3.63, 3.8) is 0 Å². The average molecular weight is 732 g/mol. The van der Waals surface area contributed by atoms with E-state index in [-0.39, 0.29) is 102 Å². The fraction of sp³-hybridized carbons (Fsp3) is 0.452. The first-order valence-corrected chi connectivity index (χ1v) is 18.3. The van der Waals surface area contributed by atoms with E-state index in [0.717, 1.165) is 18.6 Å². The van der Waals surface area contributed by atoms with E-state index in [0.29, 0.717) is 58.3 Å². The van der Waals surface area contributed by atoms with Gasteiger partial charge in [-0.15, -0.1) is 0 Å². The Hall–Kier alpha value is -4.28. The Morgan fingerprint density at radius 3 is 1.50 bits per heavy atom. The molecule has 282 valence electrons. The maximum absolute atomic E-state index is 13.7. The number of benzene rings is 3. The largest absolute Gasteiger partial charge is 0.399 e. The minimum Gasteiger partial charge on any atom is -0.399 e. The number of hydrogen-bond donors (Lipinski definition) is 3. The Morgan fingerprint density at radius 2 is 1.10 bits per heavy atom. The van der Waals surface area contributed by atoms with Crippen LogP contribution in [0.4, 0.5) is 17.1 Å². The molecule has 3 aromatic rings. The predicted octanol–water partition coefficient (Wildman–Crippen LogP) is 7.21. The normalized spacial score (nSPS) is 13.8. The number of Topliss-reactive ketones (excluding diaryl/α,β-unsaturated/α-hetero) is 5. The van der Waals surface area contributed by atoms with Gasteiger partial charge in [-0.3, -0.25) is 24.0 Å². The summed E-state index contributed by atoms with van der Waals surface area (Å²) in [5.41, 5.74) is 20.2. The summed E-state index contributed by atoms with van der Waals surface area (Å²) in [6.45, 7) is -0.00991. The van der Waals surface area contributed by atoms with E-state index in [1.54, 1.807) is 72.8 Å². The molecular weight excluding hydrogens is 675 g/mol. The highest BCUT2D eigenvalue weighted by Crippen LogP contribution is 2.38. The highest BCUT2D eigenvalue weighted by Gasteiger charge is 2.39. The van der Waals surface area contributed by atoms with E-state index in [2.05, 4.69) is 0 Å². The van der Waals surface area contributed by atoms with Gasteiger partial charge >= 0.3 is 0 Å². The van der Waals surface area contributed by atoms with Crippen molar-refractivity contribution >= 4 is 57.7 Å². The van der Waals surface area contributed by atoms with Gasteiger partial charge in [-0.25, -0.2) is 0 Å². The zero-order valence-corrected chi connectivity index (χ0v) is 29.5. The SMILES string of the molecule is C.C.Nc1cccc(CC(=O)CC(CC(=O)COCCCC(=O)CC2CCCS2)(CC(=O)Cc2cccc(N)c2)CC(=O)Cc2cccc(N)c2)c1. The maximum Gasteiger partial charge on any atom is 0.159 e. The fourth-order valence-electron chi connectivity index (χ4n) is 6.80. The molecule has 4 rings (SSSR count). The third-order valence-corrected chi connectivity index (χ3v) is 10.2. The van der Waals surface area contributed by atoms with Crippen molar-refractivity contribution < 1.29 is 28.7 Å². The third kappa shape index (κ3) is 15.5. The van der Waals surface area contributed by atoms with Crippen LogP contribution in [0.1, 0.15) is 89.3 Å². The van der Waals surface area contributed by atoms with Gasteiger partial charge in [0, 0.05) is 86.7 Å². The lowest BCUT2D eigenvalue weighted by atomic mass is 9.69. The monoisotopic (exact) mass is 731 g/mol. The number of thioether (sulfide) groups is 1. The van der Waals surface area contributed by atoms with E-state index in [9.17, 15) is 24.0 Å².